The molecule has 2 fully saturated rings. The number of hydrogen-bond acceptors (Lipinski definition) is 9. The van der Waals surface area contributed by atoms with Crippen LogP contribution in [0, 0.1) is 0 Å². The van der Waals surface area contributed by atoms with Crippen LogP contribution >= 0.6 is 11.3 Å². The summed E-state index contributed by atoms with van der Waals surface area (Å²) in [5.74, 6) is 0.475. The average Bonchev–Trinajstić information content (AvgIpc) is 3.65. The number of likely N-dealkylation sites (N-methyl/N-ethyl adjacent to an activating group) is 1. The van der Waals surface area contributed by atoms with Crippen molar-refractivity contribution >= 4 is 39.0 Å². The van der Waals surface area contributed by atoms with Crippen LogP contribution in [0.25, 0.3) is 33.5 Å². The molecule has 9 nitrogen and oxygen atoms in total. The molecule has 3 N–H and O–H groups in total. The summed E-state index contributed by atoms with van der Waals surface area (Å²) in [5.41, 5.74) is 12.3. The first-order valence-corrected chi connectivity index (χ1v) is 16.2. The van der Waals surface area contributed by atoms with Gasteiger partial charge in [0, 0.05) is 53.9 Å². The largest absolute Gasteiger partial charge is 0.383 e. The first-order valence-electron chi connectivity index (χ1n) is 15.4. The number of hydrogen-bond donors (Lipinski definition) is 2. The Balaban J connectivity index is 1.11. The second-order valence-electron chi connectivity index (χ2n) is 11.8. The van der Waals surface area contributed by atoms with Gasteiger partial charge in [0.15, 0.2) is 10.8 Å². The van der Waals surface area contributed by atoms with Gasteiger partial charge < -0.3 is 16.0 Å². The van der Waals surface area contributed by atoms with Gasteiger partial charge in [-0.1, -0.05) is 49.4 Å². The molecule has 1 saturated carbocycles. The van der Waals surface area contributed by atoms with E-state index in [0.717, 1.165) is 76.7 Å². The van der Waals surface area contributed by atoms with Gasteiger partial charge in [0.2, 0.25) is 0 Å². The molecule has 222 valence electrons. The summed E-state index contributed by atoms with van der Waals surface area (Å²) in [6.45, 7) is 6.85. The van der Waals surface area contributed by atoms with Crippen LogP contribution in [0.5, 0.6) is 0 Å². The van der Waals surface area contributed by atoms with Crippen molar-refractivity contribution in [2.45, 2.75) is 51.1 Å². The molecule has 4 heterocycles. The zero-order valence-electron chi connectivity index (χ0n) is 24.9. The van der Waals surface area contributed by atoms with Gasteiger partial charge in [-0.05, 0) is 51.3 Å². The fraction of sp³-hybridized carbons (Fsp3) is 0.394. The number of anilines is 3. The molecule has 0 unspecified atom stereocenters. The van der Waals surface area contributed by atoms with E-state index < -0.39 is 0 Å². The monoisotopic (exact) mass is 593 g/mol. The van der Waals surface area contributed by atoms with Gasteiger partial charge >= 0.3 is 0 Å². The van der Waals surface area contributed by atoms with Gasteiger partial charge in [0.25, 0.3) is 0 Å². The summed E-state index contributed by atoms with van der Waals surface area (Å²) in [4.78, 5) is 20.3. The minimum Gasteiger partial charge on any atom is -0.383 e. The quantitative estimate of drug-likeness (QED) is 0.229. The third kappa shape index (κ3) is 5.62. The summed E-state index contributed by atoms with van der Waals surface area (Å²) in [7, 11) is 2.22. The molecule has 1 aliphatic heterocycles. The van der Waals surface area contributed by atoms with Crippen molar-refractivity contribution < 1.29 is 0 Å². The minimum atomic E-state index is 0.312. The van der Waals surface area contributed by atoms with E-state index in [0.29, 0.717) is 17.9 Å². The molecular formula is C33H39N9S. The highest BCUT2D eigenvalue weighted by molar-refractivity contribution is 7.16. The van der Waals surface area contributed by atoms with E-state index in [-0.39, 0.29) is 0 Å². The molecule has 0 spiro atoms. The Labute approximate surface area is 256 Å². The Morgan fingerprint density at radius 3 is 2.28 bits per heavy atom. The molecule has 1 saturated heterocycles. The van der Waals surface area contributed by atoms with Gasteiger partial charge in [-0.25, -0.2) is 19.6 Å². The average molecular weight is 594 g/mol. The van der Waals surface area contributed by atoms with E-state index in [1.54, 1.807) is 17.7 Å². The lowest BCUT2D eigenvalue weighted by Gasteiger charge is -2.41. The van der Waals surface area contributed by atoms with E-state index in [1.807, 2.05) is 6.07 Å². The molecule has 2 aliphatic rings. The fourth-order valence-electron chi connectivity index (χ4n) is 6.61. The zero-order valence-corrected chi connectivity index (χ0v) is 25.7. The van der Waals surface area contributed by atoms with Crippen LogP contribution < -0.4 is 11.1 Å². The smallest absolute Gasteiger partial charge is 0.187 e. The van der Waals surface area contributed by atoms with Gasteiger partial charge in [0.05, 0.1) is 17.1 Å². The number of nitrogens with one attached hydrogen (secondary N) is 1. The molecule has 43 heavy (non-hydrogen) atoms. The Morgan fingerprint density at radius 1 is 0.860 bits per heavy atom. The van der Waals surface area contributed by atoms with Crippen LogP contribution in [0.2, 0.25) is 0 Å². The minimum absolute atomic E-state index is 0.312. The third-order valence-corrected chi connectivity index (χ3v) is 10.2. The lowest BCUT2D eigenvalue weighted by Crippen LogP contribution is -2.49. The van der Waals surface area contributed by atoms with Gasteiger partial charge in [-0.15, -0.1) is 11.3 Å². The summed E-state index contributed by atoms with van der Waals surface area (Å²) >= 11 is 1.71. The number of benzene rings is 2. The summed E-state index contributed by atoms with van der Waals surface area (Å²) in [6.07, 6.45) is 7.07. The normalized spacial score (nSPS) is 20.0. The Kier molecular flexibility index (Phi) is 7.81. The molecule has 0 radical (unpaired) electrons. The molecule has 0 bridgehead atoms. The Bertz CT molecular complexity index is 1680. The number of aryl methyl sites for hydroxylation is 1. The van der Waals surface area contributed by atoms with E-state index >= 15 is 0 Å². The molecule has 10 heteroatoms. The van der Waals surface area contributed by atoms with E-state index in [4.69, 9.17) is 15.8 Å². The van der Waals surface area contributed by atoms with Crippen LogP contribution in [-0.4, -0.2) is 73.8 Å². The lowest BCUT2D eigenvalue weighted by atomic mass is 9.90. The van der Waals surface area contributed by atoms with Crippen LogP contribution in [-0.2, 0) is 6.42 Å². The van der Waals surface area contributed by atoms with Gasteiger partial charge in [-0.2, -0.15) is 5.10 Å². The highest BCUT2D eigenvalue weighted by Gasteiger charge is 2.30. The molecule has 3 aromatic heterocycles. The summed E-state index contributed by atoms with van der Waals surface area (Å²) < 4.78 is 2.13. The maximum atomic E-state index is 6.44. The first kappa shape index (κ1) is 27.9. The van der Waals surface area contributed by atoms with Crippen molar-refractivity contribution in [2.75, 3.05) is 44.3 Å². The number of nitrogen functional groups attached to an aromatic ring is 1. The van der Waals surface area contributed by atoms with Crippen molar-refractivity contribution in [1.82, 2.24) is 34.5 Å². The lowest BCUT2D eigenvalue weighted by molar-refractivity contribution is 0.0815. The van der Waals surface area contributed by atoms with Crippen molar-refractivity contribution in [3.8, 4) is 22.5 Å². The van der Waals surface area contributed by atoms with E-state index in [2.05, 4.69) is 92.3 Å². The summed E-state index contributed by atoms with van der Waals surface area (Å²) in [5, 5.41) is 10.4. The number of fused-ring (bicyclic) bond motifs is 1. The number of thiazole rings is 1. The molecule has 1 aliphatic carbocycles. The topological polar surface area (TPSA) is 101 Å². The third-order valence-electron chi connectivity index (χ3n) is 9.06. The number of aromatic nitrogens is 5. The second-order valence-corrected chi connectivity index (χ2v) is 12.8. The molecular weight excluding hydrogens is 554 g/mol. The SMILES string of the molecule is CCc1sc(Nc2ccc(-c3nn(C4CCC(N5CCN(C)CC5)CC4)c4ncnc(N)c34)cc2)nc1-c1ccccc1. The van der Waals surface area contributed by atoms with Crippen molar-refractivity contribution in [3.63, 3.8) is 0 Å². The second kappa shape index (κ2) is 12.0. The Hall–Kier alpha value is -3.86. The molecule has 0 amide bonds. The predicted molar refractivity (Wildman–Crippen MR) is 176 cm³/mol. The zero-order chi connectivity index (χ0) is 29.3. The number of rotatable bonds is 7. The van der Waals surface area contributed by atoms with Crippen LogP contribution in [0.15, 0.2) is 60.9 Å². The van der Waals surface area contributed by atoms with Crippen molar-refractivity contribution in [3.05, 3.63) is 65.8 Å². The van der Waals surface area contributed by atoms with Crippen LogP contribution in [0.3, 0.4) is 0 Å². The van der Waals surface area contributed by atoms with Crippen LogP contribution in [0.1, 0.15) is 43.5 Å². The molecule has 5 aromatic rings. The maximum absolute atomic E-state index is 6.44. The predicted octanol–water partition coefficient (Wildman–Crippen LogP) is 6.24. The highest BCUT2D eigenvalue weighted by Crippen LogP contribution is 2.38. The van der Waals surface area contributed by atoms with Gasteiger partial charge in [0.1, 0.15) is 17.8 Å². The van der Waals surface area contributed by atoms with Crippen molar-refractivity contribution in [2.24, 2.45) is 0 Å². The van der Waals surface area contributed by atoms with E-state index in [9.17, 15) is 0 Å². The number of nitrogens with two attached hydrogens (primary N) is 1. The van der Waals surface area contributed by atoms with Crippen molar-refractivity contribution in [1.29, 1.82) is 0 Å². The maximum Gasteiger partial charge on any atom is 0.187 e. The van der Waals surface area contributed by atoms with Crippen LogP contribution in [0.4, 0.5) is 16.6 Å². The molecule has 7 rings (SSSR count). The molecule has 0 atom stereocenters. The Morgan fingerprint density at radius 2 is 1.56 bits per heavy atom. The van der Waals surface area contributed by atoms with E-state index in [1.165, 1.54) is 30.8 Å². The number of nitrogens with zero attached hydrogens (tertiary/aromatic N) is 7. The fourth-order valence-corrected chi connectivity index (χ4v) is 7.55. The highest BCUT2D eigenvalue weighted by atomic mass is 32.1. The number of piperazine rings is 1. The summed E-state index contributed by atoms with van der Waals surface area (Å²) in [6, 6.07) is 19.7. The molecule has 2 aromatic carbocycles. The first-order chi connectivity index (χ1) is 21.1. The standard InChI is InChI=1S/C33H39N9S/c1-3-27-29(22-7-5-4-6-8-22)38-33(43-27)37-24-11-9-23(10-12-24)30-28-31(34)35-21-36-32(28)42(39-30)26-15-13-25(14-16-26)41-19-17-40(2)18-20-41/h4-12,21,25-26H,3,13-20H2,1-2H3,(H,37,38)(H2,34,35,36). The van der Waals surface area contributed by atoms with Gasteiger partial charge in [-0.3, -0.25) is 4.90 Å².